The molecule has 0 saturated carbocycles. The number of aryl methyl sites for hydroxylation is 1. The molecule has 0 saturated heterocycles. The Morgan fingerprint density at radius 1 is 1.19 bits per heavy atom. The van der Waals surface area contributed by atoms with Crippen LogP contribution in [0.2, 0.25) is 0 Å². The molecule has 0 radical (unpaired) electrons. The van der Waals surface area contributed by atoms with Crippen LogP contribution in [-0.4, -0.2) is 25.1 Å². The second-order valence-corrected chi connectivity index (χ2v) is 4.44. The van der Waals surface area contributed by atoms with Crippen molar-refractivity contribution in [2.45, 2.75) is 6.92 Å². The van der Waals surface area contributed by atoms with Crippen molar-refractivity contribution in [3.05, 3.63) is 41.6 Å². The maximum Gasteiger partial charge on any atom is 0.255 e. The molecular weight excluding hydrogens is 270 g/mol. The highest BCUT2D eigenvalue weighted by Crippen LogP contribution is 2.29. The standard InChI is InChI=1S/C15H17N3O3/c1-9-6-10(7-14(16)17-9)15(19)18-12-8-11(20-2)4-5-13(12)21-3/h4-8H,1-3H3,(H2,16,17)(H,18,19). The van der Waals surface area contributed by atoms with Gasteiger partial charge in [-0.25, -0.2) is 4.98 Å². The monoisotopic (exact) mass is 287 g/mol. The first kappa shape index (κ1) is 14.6. The van der Waals surface area contributed by atoms with E-state index < -0.39 is 0 Å². The van der Waals surface area contributed by atoms with Crippen molar-refractivity contribution < 1.29 is 14.3 Å². The van der Waals surface area contributed by atoms with Crippen LogP contribution in [0.3, 0.4) is 0 Å². The van der Waals surface area contributed by atoms with E-state index in [-0.39, 0.29) is 5.91 Å². The van der Waals surface area contributed by atoms with E-state index in [1.54, 1.807) is 38.3 Å². The number of nitrogens with zero attached hydrogens (tertiary/aromatic N) is 1. The average molecular weight is 287 g/mol. The number of rotatable bonds is 4. The fraction of sp³-hybridized carbons (Fsp3) is 0.200. The lowest BCUT2D eigenvalue weighted by atomic mass is 10.2. The lowest BCUT2D eigenvalue weighted by Gasteiger charge is -2.12. The first-order valence-electron chi connectivity index (χ1n) is 6.31. The van der Waals surface area contributed by atoms with Crippen LogP contribution < -0.4 is 20.5 Å². The van der Waals surface area contributed by atoms with E-state index >= 15 is 0 Å². The minimum absolute atomic E-state index is 0.293. The van der Waals surface area contributed by atoms with Gasteiger partial charge in [-0.15, -0.1) is 0 Å². The van der Waals surface area contributed by atoms with Gasteiger partial charge >= 0.3 is 0 Å². The number of anilines is 2. The number of pyridine rings is 1. The zero-order chi connectivity index (χ0) is 15.4. The summed E-state index contributed by atoms with van der Waals surface area (Å²) in [5, 5.41) is 2.78. The van der Waals surface area contributed by atoms with Crippen molar-refractivity contribution >= 4 is 17.4 Å². The molecule has 0 fully saturated rings. The van der Waals surface area contributed by atoms with Gasteiger partial charge in [0.15, 0.2) is 0 Å². The SMILES string of the molecule is COc1ccc(OC)c(NC(=O)c2cc(C)nc(N)c2)c1. The Morgan fingerprint density at radius 3 is 2.57 bits per heavy atom. The largest absolute Gasteiger partial charge is 0.497 e. The predicted molar refractivity (Wildman–Crippen MR) is 80.9 cm³/mol. The zero-order valence-electron chi connectivity index (χ0n) is 12.1. The molecule has 0 aliphatic heterocycles. The number of methoxy groups -OCH3 is 2. The Hall–Kier alpha value is -2.76. The molecule has 0 aliphatic rings. The summed E-state index contributed by atoms with van der Waals surface area (Å²) in [7, 11) is 3.09. The van der Waals surface area contributed by atoms with Gasteiger partial charge in [-0.05, 0) is 31.2 Å². The molecule has 0 aliphatic carbocycles. The Bertz CT molecular complexity index is 651. The number of hydrogen-bond acceptors (Lipinski definition) is 5. The summed E-state index contributed by atoms with van der Waals surface area (Å²) < 4.78 is 10.4. The summed E-state index contributed by atoms with van der Waals surface area (Å²) in [4.78, 5) is 16.3. The molecule has 0 unspecified atom stereocenters. The van der Waals surface area contributed by atoms with Gasteiger partial charge in [0.05, 0.1) is 19.9 Å². The van der Waals surface area contributed by atoms with Crippen LogP contribution in [0, 0.1) is 6.92 Å². The quantitative estimate of drug-likeness (QED) is 0.900. The highest BCUT2D eigenvalue weighted by Gasteiger charge is 2.12. The maximum atomic E-state index is 12.3. The number of carbonyl (C=O) groups excluding carboxylic acids is 1. The van der Waals surface area contributed by atoms with Crippen LogP contribution in [0.4, 0.5) is 11.5 Å². The number of benzene rings is 1. The number of nitrogen functional groups attached to an aromatic ring is 1. The van der Waals surface area contributed by atoms with Crippen molar-refractivity contribution in [3.63, 3.8) is 0 Å². The van der Waals surface area contributed by atoms with Crippen LogP contribution in [0.5, 0.6) is 11.5 Å². The highest BCUT2D eigenvalue weighted by molar-refractivity contribution is 6.05. The third-order valence-corrected chi connectivity index (χ3v) is 2.89. The van der Waals surface area contributed by atoms with Gasteiger partial charge in [0.2, 0.25) is 0 Å². The predicted octanol–water partition coefficient (Wildman–Crippen LogP) is 2.24. The first-order valence-corrected chi connectivity index (χ1v) is 6.31. The molecular formula is C15H17N3O3. The summed E-state index contributed by atoms with van der Waals surface area (Å²) >= 11 is 0. The molecule has 0 atom stereocenters. The molecule has 1 heterocycles. The topological polar surface area (TPSA) is 86.5 Å². The van der Waals surface area contributed by atoms with Crippen LogP contribution in [0.25, 0.3) is 0 Å². The van der Waals surface area contributed by atoms with Gasteiger partial charge in [-0.2, -0.15) is 0 Å². The van der Waals surface area contributed by atoms with E-state index in [4.69, 9.17) is 15.2 Å². The van der Waals surface area contributed by atoms with Gasteiger partial charge in [0.1, 0.15) is 17.3 Å². The van der Waals surface area contributed by atoms with E-state index in [0.717, 1.165) is 0 Å². The van der Waals surface area contributed by atoms with Gasteiger partial charge in [0, 0.05) is 17.3 Å². The Morgan fingerprint density at radius 2 is 1.95 bits per heavy atom. The molecule has 110 valence electrons. The van der Waals surface area contributed by atoms with Crippen LogP contribution in [-0.2, 0) is 0 Å². The van der Waals surface area contributed by atoms with Crippen molar-refractivity contribution in [2.75, 3.05) is 25.3 Å². The smallest absolute Gasteiger partial charge is 0.255 e. The van der Waals surface area contributed by atoms with Gasteiger partial charge in [-0.3, -0.25) is 4.79 Å². The molecule has 1 amide bonds. The highest BCUT2D eigenvalue weighted by atomic mass is 16.5. The number of ether oxygens (including phenoxy) is 2. The maximum absolute atomic E-state index is 12.3. The number of nitrogens with one attached hydrogen (secondary N) is 1. The summed E-state index contributed by atoms with van der Waals surface area (Å²) in [6, 6.07) is 8.35. The first-order chi connectivity index (χ1) is 10.0. The molecule has 1 aromatic heterocycles. The molecule has 6 heteroatoms. The molecule has 3 N–H and O–H groups in total. The van der Waals surface area contributed by atoms with E-state index in [1.807, 2.05) is 0 Å². The zero-order valence-corrected chi connectivity index (χ0v) is 12.1. The van der Waals surface area contributed by atoms with Gasteiger partial charge < -0.3 is 20.5 Å². The number of carbonyl (C=O) groups is 1. The van der Waals surface area contributed by atoms with Gasteiger partial charge in [-0.1, -0.05) is 0 Å². The van der Waals surface area contributed by atoms with Crippen molar-refractivity contribution in [1.82, 2.24) is 4.98 Å². The van der Waals surface area contributed by atoms with E-state index in [2.05, 4.69) is 10.3 Å². The molecule has 1 aromatic carbocycles. The number of nitrogens with two attached hydrogens (primary N) is 1. The second kappa shape index (κ2) is 6.13. The molecule has 0 spiro atoms. The fourth-order valence-electron chi connectivity index (χ4n) is 1.93. The summed E-state index contributed by atoms with van der Waals surface area (Å²) in [6.07, 6.45) is 0. The summed E-state index contributed by atoms with van der Waals surface area (Å²) in [5.74, 6) is 1.18. The van der Waals surface area contributed by atoms with Crippen molar-refractivity contribution in [1.29, 1.82) is 0 Å². The molecule has 21 heavy (non-hydrogen) atoms. The summed E-state index contributed by atoms with van der Waals surface area (Å²) in [6.45, 7) is 1.78. The Labute approximate surface area is 122 Å². The lowest BCUT2D eigenvalue weighted by Crippen LogP contribution is -2.14. The normalized spacial score (nSPS) is 10.0. The number of aromatic nitrogens is 1. The molecule has 2 rings (SSSR count). The molecule has 6 nitrogen and oxygen atoms in total. The Kier molecular flexibility index (Phi) is 4.27. The minimum atomic E-state index is -0.293. The third kappa shape index (κ3) is 3.42. The van der Waals surface area contributed by atoms with E-state index in [0.29, 0.717) is 34.3 Å². The van der Waals surface area contributed by atoms with Crippen LogP contribution >= 0.6 is 0 Å². The Balaban J connectivity index is 2.30. The van der Waals surface area contributed by atoms with Crippen molar-refractivity contribution in [2.24, 2.45) is 0 Å². The number of hydrogen-bond donors (Lipinski definition) is 2. The van der Waals surface area contributed by atoms with Gasteiger partial charge in [0.25, 0.3) is 5.91 Å². The summed E-state index contributed by atoms with van der Waals surface area (Å²) in [5.41, 5.74) is 7.29. The van der Waals surface area contributed by atoms with E-state index in [1.165, 1.54) is 13.2 Å². The minimum Gasteiger partial charge on any atom is -0.497 e. The fourth-order valence-corrected chi connectivity index (χ4v) is 1.93. The third-order valence-electron chi connectivity index (χ3n) is 2.89. The van der Waals surface area contributed by atoms with Crippen LogP contribution in [0.15, 0.2) is 30.3 Å². The second-order valence-electron chi connectivity index (χ2n) is 4.44. The average Bonchev–Trinajstić information content (AvgIpc) is 2.46. The van der Waals surface area contributed by atoms with E-state index in [9.17, 15) is 4.79 Å². The molecule has 2 aromatic rings. The van der Waals surface area contributed by atoms with Crippen molar-refractivity contribution in [3.8, 4) is 11.5 Å². The molecule has 0 bridgehead atoms. The lowest BCUT2D eigenvalue weighted by molar-refractivity contribution is 0.102. The number of amides is 1. The van der Waals surface area contributed by atoms with Crippen LogP contribution in [0.1, 0.15) is 16.1 Å².